The quantitative estimate of drug-likeness (QED) is 0.0769. The zero-order chi connectivity index (χ0) is 56.9. The second kappa shape index (κ2) is 20.9. The minimum Gasteiger partial charge on any atom is -0.280 e. The normalized spacial score (nSPS) is 14.0. The van der Waals surface area contributed by atoms with Gasteiger partial charge in [0.05, 0.1) is 63.0 Å². The van der Waals surface area contributed by atoms with Crippen molar-refractivity contribution in [2.24, 2.45) is 0 Å². The van der Waals surface area contributed by atoms with Gasteiger partial charge < -0.3 is 0 Å². The van der Waals surface area contributed by atoms with Crippen molar-refractivity contribution in [2.75, 3.05) is 18.5 Å². The molecule has 0 aromatic heterocycles. The number of halogens is 24. The molecule has 0 fully saturated rings. The van der Waals surface area contributed by atoms with E-state index in [1.807, 2.05) is 0 Å². The van der Waals surface area contributed by atoms with Crippen molar-refractivity contribution >= 4 is 49.0 Å². The Morgan fingerprint density at radius 2 is 0.527 bits per heavy atom. The summed E-state index contributed by atoms with van der Waals surface area (Å²) in [5, 5.41) is 1.42. The molecule has 0 amide bonds. The van der Waals surface area contributed by atoms with Gasteiger partial charge in [0.25, 0.3) is 8.32 Å². The van der Waals surface area contributed by atoms with E-state index >= 15 is 0 Å². The van der Waals surface area contributed by atoms with Gasteiger partial charge in [0, 0.05) is 0 Å². The molecular formula is C46H38BF24OPSi. The van der Waals surface area contributed by atoms with Crippen LogP contribution in [0.25, 0.3) is 0 Å². The van der Waals surface area contributed by atoms with Gasteiger partial charge in [-0.1, -0.05) is 78.9 Å². The Morgan fingerprint density at radius 3 is 0.689 bits per heavy atom. The third-order valence-electron chi connectivity index (χ3n) is 12.1. The lowest BCUT2D eigenvalue weighted by molar-refractivity contribution is -0.144. The molecule has 0 saturated heterocycles. The number of benzene rings is 5. The van der Waals surface area contributed by atoms with Crippen LogP contribution in [0.15, 0.2) is 103 Å². The molecule has 5 aromatic carbocycles. The molecule has 74 heavy (non-hydrogen) atoms. The summed E-state index contributed by atoms with van der Waals surface area (Å²) >= 11 is 0. The van der Waals surface area contributed by atoms with Crippen LogP contribution in [0.2, 0.25) is 13.1 Å². The Hall–Kier alpha value is -4.91. The molecule has 408 valence electrons. The summed E-state index contributed by atoms with van der Waals surface area (Å²) < 4.78 is 348. The fourth-order valence-electron chi connectivity index (χ4n) is 8.31. The van der Waals surface area contributed by atoms with Crippen molar-refractivity contribution in [1.29, 1.82) is 0 Å². The monoisotopic (exact) mass is 1130 g/mol. The highest BCUT2D eigenvalue weighted by Gasteiger charge is 2.48. The minimum atomic E-state index is -6.13. The van der Waals surface area contributed by atoms with E-state index in [4.69, 9.17) is 4.21 Å². The average Bonchev–Trinajstić information content (AvgIpc) is 3.26. The standard InChI is InChI=1S/C32H12BF24.C14H26OPSi/c34-25(35,36)13-1-14(26(37,38)39)6-21(5-13)33(22-7-15(27(40,41)42)2-16(8-22)28(43,44)45,23-9-17(29(46,47)48)3-18(10-23)30(49,50)51)24-11-19(31(52,53)54)4-20(12-24)32(55,56)57;1-6-16(7-2,8-3)15-17(4,5)14-12-10-9-11-13-14/h1-12H;9-13H,6-8H2,1-5H3/q-1;+1. The second-order valence-corrected chi connectivity index (χ2v) is 25.5. The summed E-state index contributed by atoms with van der Waals surface area (Å²) in [5.41, 5.74) is -30.2. The Labute approximate surface area is 407 Å². The summed E-state index contributed by atoms with van der Waals surface area (Å²) in [5.74, 6) is 0. The van der Waals surface area contributed by atoms with E-state index in [1.54, 1.807) is 0 Å². The van der Waals surface area contributed by atoms with Gasteiger partial charge in [-0.3, -0.25) is 4.21 Å². The third-order valence-corrected chi connectivity index (χ3v) is 20.6. The molecule has 0 heterocycles. The van der Waals surface area contributed by atoms with Gasteiger partial charge in [0.15, 0.2) is 0 Å². The van der Waals surface area contributed by atoms with Crippen LogP contribution in [-0.2, 0) is 53.6 Å². The average molecular weight is 1130 g/mol. The molecule has 0 atom stereocenters. The van der Waals surface area contributed by atoms with Gasteiger partial charge in [-0.15, -0.1) is 0 Å². The van der Waals surface area contributed by atoms with Crippen molar-refractivity contribution in [3.63, 3.8) is 0 Å². The van der Waals surface area contributed by atoms with Crippen molar-refractivity contribution in [2.45, 2.75) is 83.3 Å². The first-order valence-corrected chi connectivity index (χ1v) is 26.4. The molecule has 5 aromatic rings. The number of alkyl halides is 24. The molecular weight excluding hydrogens is 1090 g/mol. The summed E-state index contributed by atoms with van der Waals surface area (Å²) in [6.07, 6.45) is -51.2. The molecule has 0 unspecified atom stereocenters. The van der Waals surface area contributed by atoms with E-state index in [0.717, 1.165) is 0 Å². The van der Waals surface area contributed by atoms with Crippen molar-refractivity contribution in [3.8, 4) is 0 Å². The number of hydrogen-bond donors (Lipinski definition) is 0. The number of hydrogen-bond acceptors (Lipinski definition) is 1. The number of rotatable bonds is 10. The van der Waals surface area contributed by atoms with E-state index in [9.17, 15) is 105 Å². The fraction of sp³-hybridized carbons (Fsp3) is 0.348. The molecule has 1 nitrogen and oxygen atoms in total. The minimum absolute atomic E-state index is 0.691. The van der Waals surface area contributed by atoms with Crippen LogP contribution in [0.3, 0.4) is 0 Å². The molecule has 0 bridgehead atoms. The van der Waals surface area contributed by atoms with Crippen molar-refractivity contribution in [1.82, 2.24) is 0 Å². The predicted molar refractivity (Wildman–Crippen MR) is 233 cm³/mol. The zero-order valence-corrected chi connectivity index (χ0v) is 40.3. The van der Waals surface area contributed by atoms with Crippen molar-refractivity contribution < 1.29 is 110 Å². The molecule has 0 aliphatic carbocycles. The fourth-order valence-corrected chi connectivity index (χ4v) is 16.5. The first-order chi connectivity index (χ1) is 33.3. The Kier molecular flexibility index (Phi) is 17.4. The molecule has 0 radical (unpaired) electrons. The van der Waals surface area contributed by atoms with Gasteiger partial charge in [0.1, 0.15) is 13.6 Å². The summed E-state index contributed by atoms with van der Waals surface area (Å²) in [7, 11) is -2.89. The smallest absolute Gasteiger partial charge is 0.280 e. The van der Waals surface area contributed by atoms with Gasteiger partial charge in [-0.2, -0.15) is 127 Å². The lowest BCUT2D eigenvalue weighted by Gasteiger charge is -2.46. The van der Waals surface area contributed by atoms with Crippen LogP contribution >= 0.6 is 7.49 Å². The molecule has 0 N–H and O–H groups in total. The van der Waals surface area contributed by atoms with Crippen LogP contribution in [0, 0.1) is 0 Å². The third kappa shape index (κ3) is 14.1. The molecule has 0 saturated carbocycles. The SMILES string of the molecule is CC[P+](CC)(CC)O[Si](C)(C)c1ccccc1.FC(F)(F)c1cc([B-](c2cc(C(F)(F)F)cc(C(F)(F)F)c2)(c2cc(C(F)(F)F)cc(C(F)(F)F)c2)c2cc(C(F)(F)F)cc(C(F)(F)F)c2)cc(C(F)(F)F)c1. The highest BCUT2D eigenvalue weighted by molar-refractivity contribution is 7.72. The highest BCUT2D eigenvalue weighted by Crippen LogP contribution is 2.60. The maximum absolute atomic E-state index is 14.2. The summed E-state index contributed by atoms with van der Waals surface area (Å²) in [6.45, 7) is 11.5. The van der Waals surface area contributed by atoms with Crippen LogP contribution in [0.4, 0.5) is 105 Å². The second-order valence-electron chi connectivity index (χ2n) is 17.2. The molecule has 5 rings (SSSR count). The molecule has 0 spiro atoms. The van der Waals surface area contributed by atoms with E-state index in [0.29, 0.717) is 0 Å². The first-order valence-electron chi connectivity index (χ1n) is 21.2. The molecule has 0 aliphatic rings. The maximum atomic E-state index is 14.2. The topological polar surface area (TPSA) is 9.23 Å². The van der Waals surface area contributed by atoms with E-state index in [1.165, 1.54) is 23.7 Å². The van der Waals surface area contributed by atoms with E-state index in [2.05, 4.69) is 64.2 Å². The van der Waals surface area contributed by atoms with E-state index < -0.39 is 211 Å². The lowest BCUT2D eigenvalue weighted by atomic mass is 9.12. The molecule has 28 heteroatoms. The van der Waals surface area contributed by atoms with Crippen LogP contribution in [0.5, 0.6) is 0 Å². The largest absolute Gasteiger partial charge is 0.416 e. The van der Waals surface area contributed by atoms with E-state index in [-0.39, 0.29) is 0 Å². The highest BCUT2D eigenvalue weighted by atomic mass is 31.2. The van der Waals surface area contributed by atoms with Crippen LogP contribution < -0.4 is 27.0 Å². The molecule has 0 aliphatic heterocycles. The van der Waals surface area contributed by atoms with Gasteiger partial charge >= 0.3 is 49.4 Å². The summed E-state index contributed by atoms with van der Waals surface area (Å²) in [4.78, 5) is 0. The zero-order valence-electron chi connectivity index (χ0n) is 38.4. The summed E-state index contributed by atoms with van der Waals surface area (Å²) in [6, 6.07) is 1.96. The van der Waals surface area contributed by atoms with Gasteiger partial charge in [-0.05, 0) is 63.3 Å². The predicted octanol–water partition coefficient (Wildman–Crippen LogP) is 15.3. The van der Waals surface area contributed by atoms with Crippen LogP contribution in [0.1, 0.15) is 65.3 Å². The van der Waals surface area contributed by atoms with Gasteiger partial charge in [-0.25, -0.2) is 0 Å². The Morgan fingerprint density at radius 1 is 0.338 bits per heavy atom. The van der Waals surface area contributed by atoms with Gasteiger partial charge in [0.2, 0.25) is 0 Å². The lowest BCUT2D eigenvalue weighted by Crippen LogP contribution is -2.75. The first kappa shape index (κ1) is 61.6. The van der Waals surface area contributed by atoms with Crippen LogP contribution in [-0.4, -0.2) is 32.9 Å². The maximum Gasteiger partial charge on any atom is 0.416 e. The Balaban J connectivity index is 0.000000589. The van der Waals surface area contributed by atoms with Crippen molar-refractivity contribution in [3.05, 3.63) is 148 Å². The Bertz CT molecular complexity index is 2300.